The molecule has 1 amide bonds. The van der Waals surface area contributed by atoms with Crippen molar-refractivity contribution in [1.29, 1.82) is 0 Å². The van der Waals surface area contributed by atoms with Crippen LogP contribution in [0.15, 0.2) is 66.9 Å². The number of nitrogens with zero attached hydrogens (tertiary/aromatic N) is 3. The van der Waals surface area contributed by atoms with Crippen LogP contribution in [0.2, 0.25) is 0 Å². The van der Waals surface area contributed by atoms with Gasteiger partial charge in [0, 0.05) is 37.5 Å². The lowest BCUT2D eigenvalue weighted by Crippen LogP contribution is -2.27. The van der Waals surface area contributed by atoms with Crippen LogP contribution in [-0.2, 0) is 18.4 Å². The van der Waals surface area contributed by atoms with E-state index in [1.54, 1.807) is 4.90 Å². The Balaban J connectivity index is 1.92. The fourth-order valence-corrected chi connectivity index (χ4v) is 2.83. The van der Waals surface area contributed by atoms with E-state index in [1.165, 1.54) is 0 Å². The lowest BCUT2D eigenvalue weighted by atomic mass is 10.0. The third-order valence-electron chi connectivity index (χ3n) is 4.52. The molecule has 0 aliphatic carbocycles. The molecule has 0 atom stereocenters. The third-order valence-corrected chi connectivity index (χ3v) is 4.52. The molecule has 132 valence electrons. The van der Waals surface area contributed by atoms with Crippen molar-refractivity contribution in [3.8, 4) is 0 Å². The zero-order valence-corrected chi connectivity index (χ0v) is 15.4. The van der Waals surface area contributed by atoms with Gasteiger partial charge in [0.15, 0.2) is 0 Å². The molecule has 2 aromatic carbocycles. The predicted octanol–water partition coefficient (Wildman–Crippen LogP) is 3.93. The largest absolute Gasteiger partial charge is 0.337 e. The van der Waals surface area contributed by atoms with Gasteiger partial charge >= 0.3 is 0 Å². The highest BCUT2D eigenvalue weighted by Gasteiger charge is 2.18. The molecule has 0 spiro atoms. The molecule has 0 aliphatic rings. The molecule has 4 heteroatoms. The molecule has 0 unspecified atom stereocenters. The van der Waals surface area contributed by atoms with Gasteiger partial charge in [-0.25, -0.2) is 0 Å². The van der Waals surface area contributed by atoms with E-state index < -0.39 is 0 Å². The summed E-state index contributed by atoms with van der Waals surface area (Å²) in [5.74, 6) is -0.0108. The Bertz CT molecular complexity index is 911. The predicted molar refractivity (Wildman–Crippen MR) is 105 cm³/mol. The number of likely N-dealkylation sites (N-methyl/N-ethyl adjacent to an activating group) is 1. The second-order valence-corrected chi connectivity index (χ2v) is 6.37. The van der Waals surface area contributed by atoms with Crippen LogP contribution < -0.4 is 0 Å². The van der Waals surface area contributed by atoms with Gasteiger partial charge in [-0.15, -0.1) is 0 Å². The van der Waals surface area contributed by atoms with Crippen LogP contribution in [0.3, 0.4) is 0 Å². The van der Waals surface area contributed by atoms with Gasteiger partial charge in [-0.2, -0.15) is 5.10 Å². The Hall–Kier alpha value is -3.14. The van der Waals surface area contributed by atoms with Crippen LogP contribution in [-0.4, -0.2) is 27.6 Å². The Morgan fingerprint density at radius 3 is 2.27 bits per heavy atom. The van der Waals surface area contributed by atoms with Crippen LogP contribution in [0.1, 0.15) is 22.4 Å². The average Bonchev–Trinajstić information content (AvgIpc) is 2.99. The first kappa shape index (κ1) is 17.7. The molecule has 0 fully saturated rings. The van der Waals surface area contributed by atoms with Gasteiger partial charge in [0.25, 0.3) is 5.91 Å². The van der Waals surface area contributed by atoms with E-state index in [-0.39, 0.29) is 5.91 Å². The fourth-order valence-electron chi connectivity index (χ4n) is 2.83. The topological polar surface area (TPSA) is 38.1 Å². The summed E-state index contributed by atoms with van der Waals surface area (Å²) in [6.45, 7) is 2.54. The normalized spacial score (nSPS) is 11.4. The van der Waals surface area contributed by atoms with Gasteiger partial charge in [0.1, 0.15) is 0 Å². The van der Waals surface area contributed by atoms with Gasteiger partial charge in [0.05, 0.1) is 6.20 Å². The number of amides is 1. The first-order valence-corrected chi connectivity index (χ1v) is 8.61. The van der Waals surface area contributed by atoms with Gasteiger partial charge in [0.2, 0.25) is 0 Å². The maximum Gasteiger partial charge on any atom is 0.254 e. The van der Waals surface area contributed by atoms with E-state index >= 15 is 0 Å². The zero-order valence-electron chi connectivity index (χ0n) is 15.4. The van der Waals surface area contributed by atoms with E-state index in [0.29, 0.717) is 12.1 Å². The van der Waals surface area contributed by atoms with Gasteiger partial charge in [-0.05, 0) is 24.1 Å². The molecule has 0 radical (unpaired) electrons. The number of rotatable bonds is 5. The number of benzene rings is 2. The van der Waals surface area contributed by atoms with Crippen LogP contribution in [0.5, 0.6) is 0 Å². The second kappa shape index (κ2) is 7.83. The molecule has 4 nitrogen and oxygen atoms in total. The molecule has 0 aliphatic heterocycles. The molecular formula is C22H23N3O. The molecule has 0 saturated heterocycles. The third kappa shape index (κ3) is 3.91. The van der Waals surface area contributed by atoms with Crippen LogP contribution in [0, 0.1) is 6.92 Å². The van der Waals surface area contributed by atoms with E-state index in [2.05, 4.69) is 5.10 Å². The minimum Gasteiger partial charge on any atom is -0.337 e. The Morgan fingerprint density at radius 1 is 1.08 bits per heavy atom. The maximum absolute atomic E-state index is 13.2. The number of carbonyl (C=O) groups excluding carboxylic acids is 1. The molecule has 1 heterocycles. The summed E-state index contributed by atoms with van der Waals surface area (Å²) in [5.41, 5.74) is 4.72. The van der Waals surface area contributed by atoms with Crippen molar-refractivity contribution in [2.75, 3.05) is 7.05 Å². The summed E-state index contributed by atoms with van der Waals surface area (Å²) in [6.07, 6.45) is 3.77. The summed E-state index contributed by atoms with van der Waals surface area (Å²) in [5, 5.41) is 4.26. The lowest BCUT2D eigenvalue weighted by molar-refractivity contribution is -0.124. The summed E-state index contributed by atoms with van der Waals surface area (Å²) in [4.78, 5) is 14.9. The SMILES string of the molecule is Cc1c(CN(C)C(=O)/C(=C\c2ccccc2)c2ccccc2)cnn1C. The van der Waals surface area contributed by atoms with E-state index in [9.17, 15) is 4.79 Å². The zero-order chi connectivity index (χ0) is 18.5. The maximum atomic E-state index is 13.2. The Kier molecular flexibility index (Phi) is 5.32. The van der Waals surface area contributed by atoms with Gasteiger partial charge in [-0.1, -0.05) is 60.7 Å². The van der Waals surface area contributed by atoms with Crippen LogP contribution in [0.4, 0.5) is 0 Å². The molecule has 3 rings (SSSR count). The summed E-state index contributed by atoms with van der Waals surface area (Å²) in [6, 6.07) is 19.7. The first-order chi connectivity index (χ1) is 12.6. The van der Waals surface area contributed by atoms with Gasteiger partial charge in [-0.3, -0.25) is 9.48 Å². The monoisotopic (exact) mass is 345 g/mol. The first-order valence-electron chi connectivity index (χ1n) is 8.61. The van der Waals surface area contributed by atoms with Crippen LogP contribution in [0.25, 0.3) is 11.6 Å². The Morgan fingerprint density at radius 2 is 1.69 bits per heavy atom. The molecule has 3 aromatic rings. The molecule has 0 bridgehead atoms. The van der Waals surface area contributed by atoms with Gasteiger partial charge < -0.3 is 4.90 Å². The van der Waals surface area contributed by atoms with Crippen molar-refractivity contribution in [3.05, 3.63) is 89.2 Å². The van der Waals surface area contributed by atoms with Crippen molar-refractivity contribution in [3.63, 3.8) is 0 Å². The van der Waals surface area contributed by atoms with Crippen molar-refractivity contribution in [1.82, 2.24) is 14.7 Å². The van der Waals surface area contributed by atoms with Crippen molar-refractivity contribution >= 4 is 17.6 Å². The summed E-state index contributed by atoms with van der Waals surface area (Å²) < 4.78 is 1.82. The number of aryl methyl sites for hydroxylation is 1. The number of hydrogen-bond donors (Lipinski definition) is 0. The minimum atomic E-state index is -0.0108. The van der Waals surface area contributed by atoms with E-state index in [1.807, 2.05) is 98.6 Å². The van der Waals surface area contributed by atoms with Crippen molar-refractivity contribution in [2.24, 2.45) is 7.05 Å². The number of carbonyl (C=O) groups is 1. The second-order valence-electron chi connectivity index (χ2n) is 6.37. The summed E-state index contributed by atoms with van der Waals surface area (Å²) >= 11 is 0. The highest BCUT2D eigenvalue weighted by Crippen LogP contribution is 2.21. The van der Waals surface area contributed by atoms with Crippen molar-refractivity contribution < 1.29 is 4.79 Å². The summed E-state index contributed by atoms with van der Waals surface area (Å²) in [7, 11) is 3.74. The molecule has 0 saturated carbocycles. The molecule has 0 N–H and O–H groups in total. The highest BCUT2D eigenvalue weighted by molar-refractivity contribution is 6.24. The quantitative estimate of drug-likeness (QED) is 0.519. The lowest BCUT2D eigenvalue weighted by Gasteiger charge is -2.19. The molecular weight excluding hydrogens is 322 g/mol. The van der Waals surface area contributed by atoms with Crippen molar-refractivity contribution in [2.45, 2.75) is 13.5 Å². The Labute approximate surface area is 154 Å². The fraction of sp³-hybridized carbons (Fsp3) is 0.182. The molecule has 26 heavy (non-hydrogen) atoms. The average molecular weight is 345 g/mol. The number of aromatic nitrogens is 2. The highest BCUT2D eigenvalue weighted by atomic mass is 16.2. The van der Waals surface area contributed by atoms with E-state index in [0.717, 1.165) is 22.4 Å². The smallest absolute Gasteiger partial charge is 0.254 e. The minimum absolute atomic E-state index is 0.0108. The molecule has 1 aromatic heterocycles. The standard InChI is InChI=1S/C22H23N3O/c1-17-20(15-23-25(17)3)16-24(2)22(26)21(19-12-8-5-9-13-19)14-18-10-6-4-7-11-18/h4-15H,16H2,1-3H3/b21-14-. The van der Waals surface area contributed by atoms with E-state index in [4.69, 9.17) is 0 Å². The number of hydrogen-bond acceptors (Lipinski definition) is 2. The van der Waals surface area contributed by atoms with Crippen LogP contribution >= 0.6 is 0 Å².